The number of hydrogen-bond acceptors (Lipinski definition) is 6. The Morgan fingerprint density at radius 2 is 1.86 bits per heavy atom. The summed E-state index contributed by atoms with van der Waals surface area (Å²) in [5.74, 6) is 2.10. The van der Waals surface area contributed by atoms with E-state index < -0.39 is 0 Å². The van der Waals surface area contributed by atoms with Gasteiger partial charge in [-0.1, -0.05) is 11.6 Å². The number of H-pyrrole nitrogens is 1. The van der Waals surface area contributed by atoms with Gasteiger partial charge < -0.3 is 29.2 Å². The van der Waals surface area contributed by atoms with Crippen LogP contribution in [0.1, 0.15) is 5.82 Å². The number of aliphatic hydroxyl groups excluding tert-OH is 1. The first-order valence-electron chi connectivity index (χ1n) is 8.71. The number of aliphatic hydroxyl groups is 1. The number of nitrogens with zero attached hydrogens (tertiary/aromatic N) is 2. The maximum Gasteiger partial charge on any atom is 0.145 e. The van der Waals surface area contributed by atoms with Crippen LogP contribution in [0.2, 0.25) is 5.02 Å². The van der Waals surface area contributed by atoms with Crippen LogP contribution in [-0.2, 0) is 0 Å². The monoisotopic (exact) mass is 414 g/mol. The second-order valence-electron chi connectivity index (χ2n) is 6.38. The van der Waals surface area contributed by atoms with Crippen molar-refractivity contribution >= 4 is 39.7 Å². The van der Waals surface area contributed by atoms with Crippen LogP contribution >= 0.6 is 11.6 Å². The van der Waals surface area contributed by atoms with E-state index in [-0.39, 0.29) is 18.1 Å². The fourth-order valence-corrected chi connectivity index (χ4v) is 3.55. The molecule has 1 aromatic heterocycles. The molecule has 2 aromatic carbocycles. The van der Waals surface area contributed by atoms with E-state index in [9.17, 15) is 5.11 Å². The summed E-state index contributed by atoms with van der Waals surface area (Å²) in [7, 11) is 4.61. The van der Waals surface area contributed by atoms with Gasteiger partial charge in [-0.25, -0.2) is 4.98 Å². The molecular weight excluding hydrogens is 396 g/mol. The first-order chi connectivity index (χ1) is 14.0. The van der Waals surface area contributed by atoms with E-state index in [1.807, 2.05) is 12.1 Å². The molecule has 0 fully saturated rings. The van der Waals surface area contributed by atoms with Crippen molar-refractivity contribution in [1.82, 2.24) is 9.97 Å². The number of aromatic amines is 1. The number of aromatic nitrogens is 2. The number of halogens is 1. The summed E-state index contributed by atoms with van der Waals surface area (Å²) in [6, 6.07) is 8.72. The van der Waals surface area contributed by atoms with Gasteiger partial charge in [-0.2, -0.15) is 0 Å². The summed E-state index contributed by atoms with van der Waals surface area (Å²) in [6.45, 7) is 0.0929. The standard InChI is InChI=1S/C20H19ClN4O4/c1-27-10-4-5-12-13(6-10)24-20(23-12)18-15(26)9-25(19(18)22)14-8-16(28-2)11(21)7-17(14)29-3/h4-8,22,26H,9H2,1-3H3,(H,23,24). The zero-order valence-corrected chi connectivity index (χ0v) is 16.8. The van der Waals surface area contributed by atoms with Gasteiger partial charge in [0, 0.05) is 18.2 Å². The predicted molar refractivity (Wildman–Crippen MR) is 112 cm³/mol. The largest absolute Gasteiger partial charge is 0.509 e. The zero-order chi connectivity index (χ0) is 20.7. The molecular formula is C20H19ClN4O4. The highest BCUT2D eigenvalue weighted by Crippen LogP contribution is 2.41. The number of imidazole rings is 1. The van der Waals surface area contributed by atoms with Crippen molar-refractivity contribution in [3.05, 3.63) is 46.9 Å². The van der Waals surface area contributed by atoms with Crippen LogP contribution in [0.4, 0.5) is 5.69 Å². The number of nitrogens with one attached hydrogen (secondary N) is 2. The van der Waals surface area contributed by atoms with Gasteiger partial charge in [0.05, 0.1) is 55.2 Å². The average molecular weight is 415 g/mol. The molecule has 3 N–H and O–H groups in total. The third-order valence-corrected chi connectivity index (χ3v) is 5.07. The van der Waals surface area contributed by atoms with Crippen LogP contribution in [-0.4, -0.2) is 48.8 Å². The number of amidine groups is 1. The molecule has 0 aliphatic carbocycles. The quantitative estimate of drug-likeness (QED) is 0.582. The number of anilines is 1. The molecule has 0 spiro atoms. The maximum atomic E-state index is 10.6. The molecule has 0 atom stereocenters. The molecule has 1 aliphatic heterocycles. The minimum atomic E-state index is 0.0250. The molecule has 0 bridgehead atoms. The summed E-state index contributed by atoms with van der Waals surface area (Å²) >= 11 is 6.18. The Morgan fingerprint density at radius 1 is 1.10 bits per heavy atom. The minimum absolute atomic E-state index is 0.0250. The van der Waals surface area contributed by atoms with Crippen molar-refractivity contribution in [2.45, 2.75) is 0 Å². The number of ether oxygens (including phenoxy) is 3. The SMILES string of the molecule is COc1ccc2nc(C3=C(O)CN(c4cc(OC)c(Cl)cc4OC)C3=N)[nH]c2c1. The molecule has 0 amide bonds. The van der Waals surface area contributed by atoms with Crippen LogP contribution in [0.25, 0.3) is 16.6 Å². The first-order valence-corrected chi connectivity index (χ1v) is 9.08. The molecule has 4 rings (SSSR count). The lowest BCUT2D eigenvalue weighted by Crippen LogP contribution is -2.26. The Balaban J connectivity index is 1.74. The summed E-state index contributed by atoms with van der Waals surface area (Å²) in [5.41, 5.74) is 2.32. The van der Waals surface area contributed by atoms with Gasteiger partial charge in [0.15, 0.2) is 0 Å². The third-order valence-electron chi connectivity index (χ3n) is 4.77. The molecule has 0 unspecified atom stereocenters. The van der Waals surface area contributed by atoms with Crippen LogP contribution < -0.4 is 19.1 Å². The summed E-state index contributed by atoms with van der Waals surface area (Å²) in [5, 5.41) is 19.7. The van der Waals surface area contributed by atoms with E-state index in [0.29, 0.717) is 44.9 Å². The van der Waals surface area contributed by atoms with Crippen molar-refractivity contribution in [3.8, 4) is 17.2 Å². The van der Waals surface area contributed by atoms with Crippen molar-refractivity contribution in [2.75, 3.05) is 32.8 Å². The lowest BCUT2D eigenvalue weighted by Gasteiger charge is -2.22. The van der Waals surface area contributed by atoms with Crippen molar-refractivity contribution in [3.63, 3.8) is 0 Å². The topological polar surface area (TPSA) is 104 Å². The molecule has 1 aliphatic rings. The highest BCUT2D eigenvalue weighted by molar-refractivity contribution is 6.33. The smallest absolute Gasteiger partial charge is 0.145 e. The maximum absolute atomic E-state index is 10.6. The van der Waals surface area contributed by atoms with Gasteiger partial charge in [0.25, 0.3) is 0 Å². The Morgan fingerprint density at radius 3 is 2.55 bits per heavy atom. The second-order valence-corrected chi connectivity index (χ2v) is 6.79. The van der Waals surface area contributed by atoms with Gasteiger partial charge in [-0.05, 0) is 12.1 Å². The summed E-state index contributed by atoms with van der Waals surface area (Å²) in [4.78, 5) is 9.28. The molecule has 0 saturated carbocycles. The number of hydrogen-bond donors (Lipinski definition) is 3. The lowest BCUT2D eigenvalue weighted by atomic mass is 10.2. The van der Waals surface area contributed by atoms with Crippen molar-refractivity contribution < 1.29 is 19.3 Å². The number of fused-ring (bicyclic) bond motifs is 1. The van der Waals surface area contributed by atoms with Gasteiger partial charge in [-0.3, -0.25) is 5.41 Å². The van der Waals surface area contributed by atoms with E-state index in [4.69, 9.17) is 31.2 Å². The summed E-state index contributed by atoms with van der Waals surface area (Å²) < 4.78 is 15.9. The Kier molecular flexibility index (Phi) is 4.71. The van der Waals surface area contributed by atoms with Gasteiger partial charge in [0.1, 0.15) is 34.7 Å². The second kappa shape index (κ2) is 7.21. The number of benzene rings is 2. The fraction of sp³-hybridized carbons (Fsp3) is 0.200. The van der Waals surface area contributed by atoms with Gasteiger partial charge in [0.2, 0.25) is 0 Å². The normalized spacial score (nSPS) is 14.1. The van der Waals surface area contributed by atoms with E-state index in [1.54, 1.807) is 30.2 Å². The lowest BCUT2D eigenvalue weighted by molar-refractivity contribution is 0.400. The molecule has 29 heavy (non-hydrogen) atoms. The van der Waals surface area contributed by atoms with Gasteiger partial charge in [-0.15, -0.1) is 0 Å². The van der Waals surface area contributed by atoms with Crippen molar-refractivity contribution in [1.29, 1.82) is 5.41 Å². The molecule has 2 heterocycles. The van der Waals surface area contributed by atoms with E-state index in [0.717, 1.165) is 5.52 Å². The number of methoxy groups -OCH3 is 3. The van der Waals surface area contributed by atoms with Crippen LogP contribution in [0.3, 0.4) is 0 Å². The van der Waals surface area contributed by atoms with E-state index >= 15 is 0 Å². The highest BCUT2D eigenvalue weighted by atomic mass is 35.5. The van der Waals surface area contributed by atoms with Crippen molar-refractivity contribution in [2.24, 2.45) is 0 Å². The average Bonchev–Trinajstić information content (AvgIpc) is 3.26. The number of rotatable bonds is 5. The van der Waals surface area contributed by atoms with E-state index in [1.165, 1.54) is 14.2 Å². The summed E-state index contributed by atoms with van der Waals surface area (Å²) in [6.07, 6.45) is 0. The minimum Gasteiger partial charge on any atom is -0.509 e. The fourth-order valence-electron chi connectivity index (χ4n) is 3.32. The highest BCUT2D eigenvalue weighted by Gasteiger charge is 2.33. The third kappa shape index (κ3) is 3.11. The van der Waals surface area contributed by atoms with Crippen LogP contribution in [0.15, 0.2) is 36.1 Å². The molecule has 0 radical (unpaired) electrons. The molecule has 8 nitrogen and oxygen atoms in total. The molecule has 9 heteroatoms. The Bertz CT molecular complexity index is 1150. The van der Waals surface area contributed by atoms with E-state index in [2.05, 4.69) is 9.97 Å². The first kappa shape index (κ1) is 18.9. The molecule has 0 saturated heterocycles. The van der Waals surface area contributed by atoms with Gasteiger partial charge >= 0.3 is 0 Å². The molecule has 3 aromatic rings. The van der Waals surface area contributed by atoms with Crippen LogP contribution in [0.5, 0.6) is 17.2 Å². The Hall–Kier alpha value is -3.39. The molecule has 150 valence electrons. The van der Waals surface area contributed by atoms with Crippen LogP contribution in [0, 0.1) is 5.41 Å². The zero-order valence-electron chi connectivity index (χ0n) is 16.0. The predicted octanol–water partition coefficient (Wildman–Crippen LogP) is 4.01. The Labute approximate surface area is 171 Å².